The molecule has 1 saturated heterocycles. The van der Waals surface area contributed by atoms with Gasteiger partial charge in [-0.3, -0.25) is 4.79 Å². The summed E-state index contributed by atoms with van der Waals surface area (Å²) in [5.74, 6) is 2.00. The predicted molar refractivity (Wildman–Crippen MR) is 100 cm³/mol. The predicted octanol–water partition coefficient (Wildman–Crippen LogP) is 4.13. The molecule has 4 unspecified atom stereocenters. The van der Waals surface area contributed by atoms with E-state index in [1.54, 1.807) is 12.1 Å². The highest BCUT2D eigenvalue weighted by molar-refractivity contribution is 5.89. The van der Waals surface area contributed by atoms with Crippen LogP contribution in [0.2, 0.25) is 0 Å². The van der Waals surface area contributed by atoms with Gasteiger partial charge in [-0.05, 0) is 74.3 Å². The third-order valence-corrected chi connectivity index (χ3v) is 7.01. The molecule has 140 valence electrons. The van der Waals surface area contributed by atoms with Crippen LogP contribution in [-0.2, 0) is 11.2 Å². The van der Waals surface area contributed by atoms with Crippen LogP contribution in [0.15, 0.2) is 24.3 Å². The molecule has 4 rings (SSSR count). The molecule has 4 atom stereocenters. The van der Waals surface area contributed by atoms with E-state index in [1.807, 2.05) is 12.1 Å². The first-order chi connectivity index (χ1) is 12.6. The molecule has 1 heterocycles. The smallest absolute Gasteiger partial charge is 0.335 e. The summed E-state index contributed by atoms with van der Waals surface area (Å²) in [6.45, 7) is 0.880. The standard InChI is InChI=1S/C22H29NO3/c24-21(10-9-16-4-1-2-6-20(16)22(25)26)23-11-3-5-19(23)14-18-13-15-7-8-17(18)12-15/h1-2,4,6,15,17-19H,3,5,7-14H2,(H,25,26). The molecule has 4 heteroatoms. The topological polar surface area (TPSA) is 57.6 Å². The third kappa shape index (κ3) is 3.51. The molecular formula is C22H29NO3. The van der Waals surface area contributed by atoms with Crippen molar-refractivity contribution < 1.29 is 14.7 Å². The van der Waals surface area contributed by atoms with Gasteiger partial charge in [-0.2, -0.15) is 0 Å². The number of fused-ring (bicyclic) bond motifs is 2. The van der Waals surface area contributed by atoms with Crippen molar-refractivity contribution in [3.63, 3.8) is 0 Å². The Morgan fingerprint density at radius 2 is 1.96 bits per heavy atom. The fourth-order valence-electron chi connectivity index (χ4n) is 5.76. The van der Waals surface area contributed by atoms with E-state index < -0.39 is 5.97 Å². The SMILES string of the molecule is O=C(O)c1ccccc1CCC(=O)N1CCCC1CC1CC2CCC1C2. The molecule has 2 bridgehead atoms. The molecular weight excluding hydrogens is 326 g/mol. The van der Waals surface area contributed by atoms with Crippen molar-refractivity contribution in [1.29, 1.82) is 0 Å². The van der Waals surface area contributed by atoms with E-state index in [2.05, 4.69) is 4.90 Å². The average Bonchev–Trinajstić information content (AvgIpc) is 3.37. The molecule has 1 aliphatic heterocycles. The number of carboxylic acids is 1. The Morgan fingerprint density at radius 1 is 1.12 bits per heavy atom. The van der Waals surface area contributed by atoms with Crippen LogP contribution in [0.3, 0.4) is 0 Å². The average molecular weight is 355 g/mol. The maximum absolute atomic E-state index is 12.8. The Morgan fingerprint density at radius 3 is 2.69 bits per heavy atom. The Bertz CT molecular complexity index is 686. The van der Waals surface area contributed by atoms with E-state index >= 15 is 0 Å². The molecule has 3 fully saturated rings. The van der Waals surface area contributed by atoms with Gasteiger partial charge >= 0.3 is 5.97 Å². The summed E-state index contributed by atoms with van der Waals surface area (Å²) in [7, 11) is 0. The number of aryl methyl sites for hydroxylation is 1. The zero-order valence-electron chi connectivity index (χ0n) is 15.4. The van der Waals surface area contributed by atoms with Crippen LogP contribution < -0.4 is 0 Å². The van der Waals surface area contributed by atoms with Gasteiger partial charge in [-0.15, -0.1) is 0 Å². The van der Waals surface area contributed by atoms with Crippen LogP contribution in [0.4, 0.5) is 0 Å². The number of hydrogen-bond acceptors (Lipinski definition) is 2. The molecule has 1 aromatic carbocycles. The highest BCUT2D eigenvalue weighted by Gasteiger charge is 2.41. The minimum Gasteiger partial charge on any atom is -0.478 e. The molecule has 1 aromatic rings. The molecule has 3 aliphatic rings. The van der Waals surface area contributed by atoms with Gasteiger partial charge in [-0.1, -0.05) is 24.6 Å². The quantitative estimate of drug-likeness (QED) is 0.834. The van der Waals surface area contributed by atoms with E-state index in [9.17, 15) is 14.7 Å². The number of hydrogen-bond donors (Lipinski definition) is 1. The second-order valence-corrected chi connectivity index (χ2v) is 8.52. The first kappa shape index (κ1) is 17.6. The van der Waals surface area contributed by atoms with Gasteiger partial charge in [0.2, 0.25) is 5.91 Å². The first-order valence-corrected chi connectivity index (χ1v) is 10.2. The van der Waals surface area contributed by atoms with Crippen molar-refractivity contribution in [2.24, 2.45) is 17.8 Å². The summed E-state index contributed by atoms with van der Waals surface area (Å²) in [4.78, 5) is 26.3. The Balaban J connectivity index is 1.34. The minimum absolute atomic E-state index is 0.204. The number of carboxylic acid groups (broad SMARTS) is 1. The number of amides is 1. The maximum atomic E-state index is 12.8. The van der Waals surface area contributed by atoms with Crippen LogP contribution in [-0.4, -0.2) is 34.5 Å². The summed E-state index contributed by atoms with van der Waals surface area (Å²) in [5.41, 5.74) is 1.08. The van der Waals surface area contributed by atoms with Crippen LogP contribution in [0.25, 0.3) is 0 Å². The fourth-order valence-corrected chi connectivity index (χ4v) is 5.76. The Kier molecular flexibility index (Phi) is 5.01. The molecule has 2 saturated carbocycles. The second-order valence-electron chi connectivity index (χ2n) is 8.52. The molecule has 4 nitrogen and oxygen atoms in total. The summed E-state index contributed by atoms with van der Waals surface area (Å²) < 4.78 is 0. The van der Waals surface area contributed by atoms with E-state index in [0.29, 0.717) is 24.4 Å². The van der Waals surface area contributed by atoms with Crippen molar-refractivity contribution in [3.8, 4) is 0 Å². The Hall–Kier alpha value is -1.84. The lowest BCUT2D eigenvalue weighted by molar-refractivity contribution is -0.132. The molecule has 0 aromatic heterocycles. The Labute approximate surface area is 155 Å². The number of aromatic carboxylic acids is 1. The summed E-state index contributed by atoms with van der Waals surface area (Å²) in [6.07, 6.45) is 10.0. The van der Waals surface area contributed by atoms with Gasteiger partial charge < -0.3 is 10.0 Å². The van der Waals surface area contributed by atoms with E-state index in [1.165, 1.54) is 32.1 Å². The van der Waals surface area contributed by atoms with Crippen molar-refractivity contribution in [3.05, 3.63) is 35.4 Å². The van der Waals surface area contributed by atoms with Crippen molar-refractivity contribution in [1.82, 2.24) is 4.90 Å². The molecule has 26 heavy (non-hydrogen) atoms. The number of carbonyl (C=O) groups is 2. The molecule has 0 spiro atoms. The summed E-state index contributed by atoms with van der Waals surface area (Å²) in [5, 5.41) is 9.30. The van der Waals surface area contributed by atoms with Gasteiger partial charge in [-0.25, -0.2) is 4.79 Å². The molecule has 2 aliphatic carbocycles. The number of likely N-dealkylation sites (tertiary alicyclic amines) is 1. The van der Waals surface area contributed by atoms with Gasteiger partial charge in [0.05, 0.1) is 5.56 Å². The minimum atomic E-state index is -0.914. The van der Waals surface area contributed by atoms with Gasteiger partial charge in [0.15, 0.2) is 0 Å². The lowest BCUT2D eigenvalue weighted by Crippen LogP contribution is -2.37. The fraction of sp³-hybridized carbons (Fsp3) is 0.636. The third-order valence-electron chi connectivity index (χ3n) is 7.01. The van der Waals surface area contributed by atoms with Crippen LogP contribution in [0.1, 0.15) is 67.3 Å². The number of nitrogens with zero attached hydrogens (tertiary/aromatic N) is 1. The van der Waals surface area contributed by atoms with Gasteiger partial charge in [0.25, 0.3) is 0 Å². The summed E-state index contributed by atoms with van der Waals surface area (Å²) in [6, 6.07) is 7.45. The first-order valence-electron chi connectivity index (χ1n) is 10.2. The zero-order valence-corrected chi connectivity index (χ0v) is 15.4. The van der Waals surface area contributed by atoms with Gasteiger partial charge in [0, 0.05) is 19.0 Å². The number of carbonyl (C=O) groups excluding carboxylic acids is 1. The number of rotatable bonds is 6. The van der Waals surface area contributed by atoms with Crippen molar-refractivity contribution in [2.75, 3.05) is 6.54 Å². The summed E-state index contributed by atoms with van der Waals surface area (Å²) >= 11 is 0. The monoisotopic (exact) mass is 355 g/mol. The molecule has 1 N–H and O–H groups in total. The highest BCUT2D eigenvalue weighted by atomic mass is 16.4. The second kappa shape index (κ2) is 7.42. The normalized spacial score (nSPS) is 30.1. The molecule has 1 amide bonds. The van der Waals surface area contributed by atoms with Crippen LogP contribution >= 0.6 is 0 Å². The lowest BCUT2D eigenvalue weighted by atomic mass is 9.83. The van der Waals surface area contributed by atoms with Crippen molar-refractivity contribution in [2.45, 2.75) is 63.8 Å². The largest absolute Gasteiger partial charge is 0.478 e. The number of benzene rings is 1. The van der Waals surface area contributed by atoms with E-state index in [4.69, 9.17) is 0 Å². The van der Waals surface area contributed by atoms with E-state index in [0.717, 1.165) is 42.7 Å². The van der Waals surface area contributed by atoms with Crippen LogP contribution in [0, 0.1) is 17.8 Å². The highest BCUT2D eigenvalue weighted by Crippen LogP contribution is 2.50. The van der Waals surface area contributed by atoms with Crippen molar-refractivity contribution >= 4 is 11.9 Å². The van der Waals surface area contributed by atoms with Crippen LogP contribution in [0.5, 0.6) is 0 Å². The zero-order chi connectivity index (χ0) is 18.1. The van der Waals surface area contributed by atoms with E-state index in [-0.39, 0.29) is 5.91 Å². The van der Waals surface area contributed by atoms with Gasteiger partial charge in [0.1, 0.15) is 0 Å². The maximum Gasteiger partial charge on any atom is 0.335 e. The molecule has 0 radical (unpaired) electrons. The lowest BCUT2D eigenvalue weighted by Gasteiger charge is -2.30.